The summed E-state index contributed by atoms with van der Waals surface area (Å²) in [5, 5.41) is 6.10. The zero-order valence-electron chi connectivity index (χ0n) is 23.1. The van der Waals surface area contributed by atoms with E-state index in [1.165, 1.54) is 37.3 Å². The number of fused-ring (bicyclic) bond motifs is 1. The molecule has 0 bridgehead atoms. The molecule has 1 aromatic heterocycles. The van der Waals surface area contributed by atoms with Crippen LogP contribution in [0.5, 0.6) is 11.5 Å². The first-order valence-corrected chi connectivity index (χ1v) is 15.0. The lowest BCUT2D eigenvalue weighted by molar-refractivity contribution is -0.115. The number of thiophene rings is 1. The summed E-state index contributed by atoms with van der Waals surface area (Å²) in [6.07, 6.45) is 4.40. The Morgan fingerprint density at radius 3 is 2.33 bits per heavy atom. The number of benzene rings is 2. The Morgan fingerprint density at radius 2 is 1.65 bits per heavy atom. The minimum Gasteiger partial charge on any atom is -0.496 e. The Kier molecular flexibility index (Phi) is 10.1. The zero-order valence-corrected chi connectivity index (χ0v) is 24.8. The van der Waals surface area contributed by atoms with Crippen LogP contribution in [0, 0.1) is 0 Å². The second-order valence-corrected chi connectivity index (χ2v) is 11.5. The Hall–Kier alpha value is -3.50. The molecule has 2 amide bonds. The van der Waals surface area contributed by atoms with Crippen LogP contribution in [0.4, 0.5) is 10.7 Å². The van der Waals surface area contributed by atoms with Crippen molar-refractivity contribution in [3.8, 4) is 11.5 Å². The minimum atomic E-state index is -0.408. The smallest absolute Gasteiger partial charge is 0.341 e. The molecule has 8 nitrogen and oxygen atoms in total. The predicted molar refractivity (Wildman–Crippen MR) is 159 cm³/mol. The van der Waals surface area contributed by atoms with E-state index in [0.717, 1.165) is 41.0 Å². The summed E-state index contributed by atoms with van der Waals surface area (Å²) in [7, 11) is 3.00. The third kappa shape index (κ3) is 6.62. The van der Waals surface area contributed by atoms with Gasteiger partial charge in [-0.15, -0.1) is 23.1 Å². The average Bonchev–Trinajstić information content (AvgIpc) is 3.33. The van der Waals surface area contributed by atoms with Crippen LogP contribution in [0.15, 0.2) is 47.4 Å². The highest BCUT2D eigenvalue weighted by Gasteiger charge is 2.29. The van der Waals surface area contributed by atoms with E-state index in [0.29, 0.717) is 39.7 Å². The normalized spacial score (nSPS) is 13.1. The lowest BCUT2D eigenvalue weighted by Gasteiger charge is -2.16. The summed E-state index contributed by atoms with van der Waals surface area (Å²) in [6, 6.07) is 12.5. The molecule has 1 unspecified atom stereocenters. The number of amides is 2. The number of nitrogens with one attached hydrogen (secondary N) is 2. The number of esters is 1. The number of carbonyl (C=O) groups excluding carboxylic acids is 3. The molecule has 0 saturated heterocycles. The molecule has 0 saturated carbocycles. The largest absolute Gasteiger partial charge is 0.496 e. The molecule has 2 aromatic carbocycles. The maximum absolute atomic E-state index is 13.4. The third-order valence-corrected chi connectivity index (χ3v) is 9.14. The molecule has 212 valence electrons. The monoisotopic (exact) mass is 582 g/mol. The van der Waals surface area contributed by atoms with Crippen molar-refractivity contribution >= 4 is 51.6 Å². The van der Waals surface area contributed by atoms with Gasteiger partial charge in [0.05, 0.1) is 31.6 Å². The van der Waals surface area contributed by atoms with Crippen molar-refractivity contribution in [2.24, 2.45) is 0 Å². The SMILES string of the molecule is CCOC(=O)c1c(NC(=O)C(CC)Sc2cccc(NC(=O)c3c(OC)cccc3OC)c2)sc2c1CCCC2. The van der Waals surface area contributed by atoms with E-state index in [1.807, 2.05) is 25.1 Å². The molecule has 4 rings (SSSR count). The summed E-state index contributed by atoms with van der Waals surface area (Å²) in [4.78, 5) is 41.3. The second kappa shape index (κ2) is 13.7. The molecule has 2 N–H and O–H groups in total. The van der Waals surface area contributed by atoms with Gasteiger partial charge in [-0.05, 0) is 74.9 Å². The van der Waals surface area contributed by atoms with Crippen molar-refractivity contribution in [2.45, 2.75) is 56.1 Å². The second-order valence-electron chi connectivity index (χ2n) is 9.16. The minimum absolute atomic E-state index is 0.176. The maximum atomic E-state index is 13.4. The molecular weight excluding hydrogens is 548 g/mol. The number of carbonyl (C=O) groups is 3. The van der Waals surface area contributed by atoms with Gasteiger partial charge in [-0.2, -0.15) is 0 Å². The van der Waals surface area contributed by atoms with Crippen LogP contribution in [-0.4, -0.2) is 43.9 Å². The van der Waals surface area contributed by atoms with Crippen LogP contribution >= 0.6 is 23.1 Å². The van der Waals surface area contributed by atoms with E-state index in [1.54, 1.807) is 31.2 Å². The third-order valence-electron chi connectivity index (χ3n) is 6.58. The van der Waals surface area contributed by atoms with E-state index < -0.39 is 5.25 Å². The molecule has 0 aliphatic heterocycles. The molecule has 40 heavy (non-hydrogen) atoms. The van der Waals surface area contributed by atoms with Crippen molar-refractivity contribution in [3.63, 3.8) is 0 Å². The molecule has 0 fully saturated rings. The summed E-state index contributed by atoms with van der Waals surface area (Å²) >= 11 is 2.89. The van der Waals surface area contributed by atoms with E-state index >= 15 is 0 Å². The summed E-state index contributed by atoms with van der Waals surface area (Å²) in [6.45, 7) is 4.01. The van der Waals surface area contributed by atoms with Gasteiger partial charge in [0.1, 0.15) is 22.1 Å². The highest BCUT2D eigenvalue weighted by atomic mass is 32.2. The highest BCUT2D eigenvalue weighted by molar-refractivity contribution is 8.00. The molecule has 1 heterocycles. The molecule has 1 aliphatic rings. The van der Waals surface area contributed by atoms with E-state index in [-0.39, 0.29) is 24.4 Å². The maximum Gasteiger partial charge on any atom is 0.341 e. The number of thioether (sulfide) groups is 1. The number of anilines is 2. The van der Waals surface area contributed by atoms with Gasteiger partial charge in [0, 0.05) is 15.5 Å². The van der Waals surface area contributed by atoms with Crippen molar-refractivity contribution in [1.29, 1.82) is 0 Å². The highest BCUT2D eigenvalue weighted by Crippen LogP contribution is 2.39. The fraction of sp³-hybridized carbons (Fsp3) is 0.367. The first-order chi connectivity index (χ1) is 19.4. The molecule has 1 aliphatic carbocycles. The van der Waals surface area contributed by atoms with Crippen molar-refractivity contribution in [3.05, 3.63) is 64.0 Å². The Bertz CT molecular complexity index is 1360. The lowest BCUT2D eigenvalue weighted by Crippen LogP contribution is -2.25. The standard InChI is InChI=1S/C30H34N2O6S2/c1-5-23(27(33)32-29-25(30(35)38-6-2)20-13-7-8-16-24(20)40-29)39-19-12-9-11-18(17-19)31-28(34)26-21(36-3)14-10-15-22(26)37-4/h9-12,14-15,17,23H,5-8,13,16H2,1-4H3,(H,31,34)(H,32,33). The fourth-order valence-corrected chi connectivity index (χ4v) is 6.96. The molecule has 0 radical (unpaired) electrons. The van der Waals surface area contributed by atoms with Gasteiger partial charge in [-0.1, -0.05) is 19.1 Å². The number of ether oxygens (including phenoxy) is 3. The first-order valence-electron chi connectivity index (χ1n) is 13.3. The van der Waals surface area contributed by atoms with Gasteiger partial charge < -0.3 is 24.8 Å². The Labute approximate surface area is 242 Å². The average molecular weight is 583 g/mol. The van der Waals surface area contributed by atoms with Crippen molar-refractivity contribution in [2.75, 3.05) is 31.5 Å². The van der Waals surface area contributed by atoms with Crippen LogP contribution in [0.1, 0.15) is 64.3 Å². The van der Waals surface area contributed by atoms with Gasteiger partial charge in [0.25, 0.3) is 5.91 Å². The Morgan fingerprint density at radius 1 is 0.950 bits per heavy atom. The van der Waals surface area contributed by atoms with Gasteiger partial charge in [0.2, 0.25) is 5.91 Å². The van der Waals surface area contributed by atoms with Crippen LogP contribution in [0.3, 0.4) is 0 Å². The molecule has 1 atom stereocenters. The van der Waals surface area contributed by atoms with Crippen molar-refractivity contribution in [1.82, 2.24) is 0 Å². The van der Waals surface area contributed by atoms with Gasteiger partial charge in [-0.3, -0.25) is 9.59 Å². The topological polar surface area (TPSA) is 103 Å². The number of aryl methyl sites for hydroxylation is 1. The lowest BCUT2D eigenvalue weighted by atomic mass is 9.95. The number of methoxy groups -OCH3 is 2. The van der Waals surface area contributed by atoms with Crippen LogP contribution in [0.2, 0.25) is 0 Å². The van der Waals surface area contributed by atoms with E-state index in [4.69, 9.17) is 14.2 Å². The number of rotatable bonds is 11. The summed E-state index contributed by atoms with van der Waals surface area (Å²) < 4.78 is 16.0. The van der Waals surface area contributed by atoms with Crippen molar-refractivity contribution < 1.29 is 28.6 Å². The quantitative estimate of drug-likeness (QED) is 0.194. The van der Waals surface area contributed by atoms with Crippen LogP contribution in [-0.2, 0) is 22.4 Å². The summed E-state index contributed by atoms with van der Waals surface area (Å²) in [5.74, 6) is -0.114. The summed E-state index contributed by atoms with van der Waals surface area (Å²) in [5.41, 5.74) is 2.40. The van der Waals surface area contributed by atoms with E-state index in [9.17, 15) is 14.4 Å². The first kappa shape index (κ1) is 29.5. The zero-order chi connectivity index (χ0) is 28.6. The van der Waals surface area contributed by atoms with Gasteiger partial charge in [-0.25, -0.2) is 4.79 Å². The van der Waals surface area contributed by atoms with Crippen LogP contribution in [0.25, 0.3) is 0 Å². The van der Waals surface area contributed by atoms with Gasteiger partial charge in [0.15, 0.2) is 0 Å². The Balaban J connectivity index is 1.50. The van der Waals surface area contributed by atoms with Crippen LogP contribution < -0.4 is 20.1 Å². The fourth-order valence-electron chi connectivity index (χ4n) is 4.67. The van der Waals surface area contributed by atoms with E-state index in [2.05, 4.69) is 10.6 Å². The van der Waals surface area contributed by atoms with Gasteiger partial charge >= 0.3 is 5.97 Å². The molecule has 10 heteroatoms. The predicted octanol–water partition coefficient (Wildman–Crippen LogP) is 6.58. The molecule has 0 spiro atoms. The molecular formula is C30H34N2O6S2. The number of hydrogen-bond donors (Lipinski definition) is 2. The number of hydrogen-bond acceptors (Lipinski definition) is 8. The molecule has 3 aromatic rings.